The zero-order valence-electron chi connectivity index (χ0n) is 13.0. The monoisotopic (exact) mass is 317 g/mol. The number of allylic oxidation sites excluding steroid dienone is 2. The van der Waals surface area contributed by atoms with E-state index in [0.717, 1.165) is 60.3 Å². The number of aldehydes is 1. The van der Waals surface area contributed by atoms with Gasteiger partial charge in [0.2, 0.25) is 0 Å². The number of fused-ring (bicyclic) bond motifs is 1. The quantitative estimate of drug-likeness (QED) is 0.454. The first-order valence-corrected chi connectivity index (χ1v) is 8.17. The maximum absolute atomic E-state index is 11.0. The van der Waals surface area contributed by atoms with E-state index in [1.54, 1.807) is 6.08 Å². The number of hydrogen-bond acceptors (Lipinski definition) is 4. The summed E-state index contributed by atoms with van der Waals surface area (Å²) >= 11 is 5.32. The lowest BCUT2D eigenvalue weighted by molar-refractivity contribution is -0.104. The summed E-state index contributed by atoms with van der Waals surface area (Å²) in [6.45, 7) is 3.36. The van der Waals surface area contributed by atoms with Gasteiger partial charge in [-0.2, -0.15) is 0 Å². The van der Waals surface area contributed by atoms with Crippen LogP contribution in [0, 0.1) is 5.92 Å². The van der Waals surface area contributed by atoms with Crippen LogP contribution in [0.3, 0.4) is 0 Å². The summed E-state index contributed by atoms with van der Waals surface area (Å²) in [5.41, 5.74) is 9.04. The van der Waals surface area contributed by atoms with E-state index >= 15 is 0 Å². The number of ether oxygens (including phenoxy) is 1. The summed E-state index contributed by atoms with van der Waals surface area (Å²) in [7, 11) is 0. The Balaban J connectivity index is 2.12. The molecular weight excluding hydrogens is 294 g/mol. The van der Waals surface area contributed by atoms with Crippen molar-refractivity contribution >= 4 is 28.9 Å². The van der Waals surface area contributed by atoms with Crippen LogP contribution < -0.4 is 10.5 Å². The third-order valence-corrected chi connectivity index (χ3v) is 4.51. The van der Waals surface area contributed by atoms with E-state index in [9.17, 15) is 4.79 Å². The standard InChI is InChI=1S/C18H23NO2S/c1-13(22)14(6-9-19)2-3-15(7-10-20)16-4-5-18-17(12-16)8-11-21-18/h4-5,7,10,12,14H,2-3,6,8-9,11,19H2,1H3/b15-7+. The van der Waals surface area contributed by atoms with Gasteiger partial charge in [-0.1, -0.05) is 18.3 Å². The van der Waals surface area contributed by atoms with Crippen LogP contribution in [-0.4, -0.2) is 24.3 Å². The maximum Gasteiger partial charge on any atom is 0.143 e. The molecule has 0 aliphatic carbocycles. The third kappa shape index (κ3) is 4.24. The molecular formula is C18H23NO2S. The molecule has 1 unspecified atom stereocenters. The highest BCUT2D eigenvalue weighted by molar-refractivity contribution is 7.80. The van der Waals surface area contributed by atoms with E-state index in [0.29, 0.717) is 12.5 Å². The molecule has 0 saturated heterocycles. The zero-order valence-corrected chi connectivity index (χ0v) is 13.8. The Morgan fingerprint density at radius 1 is 1.45 bits per heavy atom. The van der Waals surface area contributed by atoms with Crippen LogP contribution >= 0.6 is 12.2 Å². The maximum atomic E-state index is 11.0. The molecule has 0 saturated carbocycles. The highest BCUT2D eigenvalue weighted by atomic mass is 32.1. The molecule has 0 spiro atoms. The predicted octanol–water partition coefficient (Wildman–Crippen LogP) is 3.34. The van der Waals surface area contributed by atoms with Gasteiger partial charge >= 0.3 is 0 Å². The number of nitrogens with two attached hydrogens (primary N) is 1. The van der Waals surface area contributed by atoms with Crippen LogP contribution in [0.2, 0.25) is 0 Å². The molecule has 118 valence electrons. The van der Waals surface area contributed by atoms with Gasteiger partial charge in [0.1, 0.15) is 12.0 Å². The Bertz CT molecular complexity index is 580. The molecule has 0 radical (unpaired) electrons. The predicted molar refractivity (Wildman–Crippen MR) is 94.3 cm³/mol. The third-order valence-electron chi connectivity index (χ3n) is 4.18. The fourth-order valence-electron chi connectivity index (χ4n) is 2.87. The molecule has 1 atom stereocenters. The number of rotatable bonds is 8. The first-order valence-electron chi connectivity index (χ1n) is 7.76. The van der Waals surface area contributed by atoms with Crippen molar-refractivity contribution in [3.05, 3.63) is 35.4 Å². The molecule has 22 heavy (non-hydrogen) atoms. The molecule has 4 heteroatoms. The molecule has 1 aromatic carbocycles. The summed E-state index contributed by atoms with van der Waals surface area (Å²) in [5, 5.41) is 0. The Kier molecular flexibility index (Phi) is 6.28. The minimum absolute atomic E-state index is 0.341. The van der Waals surface area contributed by atoms with Crippen molar-refractivity contribution in [1.29, 1.82) is 0 Å². The first-order chi connectivity index (χ1) is 10.7. The van der Waals surface area contributed by atoms with E-state index in [1.165, 1.54) is 5.56 Å². The summed E-state index contributed by atoms with van der Waals surface area (Å²) in [6, 6.07) is 6.17. The van der Waals surface area contributed by atoms with E-state index in [2.05, 4.69) is 6.07 Å². The SMILES string of the molecule is CC(=S)C(CCN)CC/C(=C\C=O)c1ccc2c(c1)CCO2. The van der Waals surface area contributed by atoms with Gasteiger partial charge in [-0.05, 0) is 78.4 Å². The van der Waals surface area contributed by atoms with Gasteiger partial charge in [0, 0.05) is 6.42 Å². The Labute approximate surface area is 137 Å². The van der Waals surface area contributed by atoms with Crippen LogP contribution in [0.25, 0.3) is 5.57 Å². The smallest absolute Gasteiger partial charge is 0.143 e. The number of hydrogen-bond donors (Lipinski definition) is 1. The lowest BCUT2D eigenvalue weighted by Crippen LogP contribution is -2.14. The Hall–Kier alpha value is -1.52. The van der Waals surface area contributed by atoms with E-state index in [4.69, 9.17) is 22.7 Å². The largest absolute Gasteiger partial charge is 0.493 e. The summed E-state index contributed by atoms with van der Waals surface area (Å²) in [4.78, 5) is 12.0. The topological polar surface area (TPSA) is 52.3 Å². The lowest BCUT2D eigenvalue weighted by atomic mass is 9.91. The molecule has 1 aliphatic heterocycles. The normalized spacial score (nSPS) is 15.1. The van der Waals surface area contributed by atoms with Crippen molar-refractivity contribution in [2.24, 2.45) is 11.7 Å². The van der Waals surface area contributed by atoms with Crippen LogP contribution in [0.4, 0.5) is 0 Å². The number of benzene rings is 1. The molecule has 2 rings (SSSR count). The van der Waals surface area contributed by atoms with E-state index in [1.807, 2.05) is 19.1 Å². The van der Waals surface area contributed by atoms with Crippen molar-refractivity contribution < 1.29 is 9.53 Å². The molecule has 0 bridgehead atoms. The molecule has 1 aliphatic rings. The van der Waals surface area contributed by atoms with Crippen LogP contribution in [0.5, 0.6) is 5.75 Å². The zero-order chi connectivity index (χ0) is 15.9. The van der Waals surface area contributed by atoms with Crippen molar-refractivity contribution in [2.75, 3.05) is 13.2 Å². The lowest BCUT2D eigenvalue weighted by Gasteiger charge is -2.16. The fourth-order valence-corrected chi connectivity index (χ4v) is 3.11. The molecule has 0 aromatic heterocycles. The molecule has 1 heterocycles. The fraction of sp³-hybridized carbons (Fsp3) is 0.444. The summed E-state index contributed by atoms with van der Waals surface area (Å²) in [6.07, 6.45) is 6.13. The summed E-state index contributed by atoms with van der Waals surface area (Å²) in [5.74, 6) is 1.30. The van der Waals surface area contributed by atoms with Gasteiger partial charge < -0.3 is 10.5 Å². The minimum atomic E-state index is 0.341. The second-order valence-electron chi connectivity index (χ2n) is 5.67. The highest BCUT2D eigenvalue weighted by Crippen LogP contribution is 2.31. The van der Waals surface area contributed by atoms with Crippen LogP contribution in [-0.2, 0) is 11.2 Å². The number of thiocarbonyl (C=S) groups is 1. The Morgan fingerprint density at radius 3 is 2.95 bits per heavy atom. The summed E-state index contributed by atoms with van der Waals surface area (Å²) < 4.78 is 5.53. The van der Waals surface area contributed by atoms with Crippen LogP contribution in [0.15, 0.2) is 24.3 Å². The molecule has 0 fully saturated rings. The van der Waals surface area contributed by atoms with Gasteiger partial charge in [-0.3, -0.25) is 4.79 Å². The molecule has 1 aromatic rings. The molecule has 3 nitrogen and oxygen atoms in total. The average molecular weight is 317 g/mol. The van der Waals surface area contributed by atoms with Crippen molar-refractivity contribution in [3.63, 3.8) is 0 Å². The molecule has 2 N–H and O–H groups in total. The highest BCUT2D eigenvalue weighted by Gasteiger charge is 2.15. The van der Waals surface area contributed by atoms with Gasteiger partial charge in [-0.25, -0.2) is 0 Å². The second kappa shape index (κ2) is 8.20. The van der Waals surface area contributed by atoms with Gasteiger partial charge in [0.15, 0.2) is 0 Å². The van der Waals surface area contributed by atoms with Gasteiger partial charge in [-0.15, -0.1) is 0 Å². The van der Waals surface area contributed by atoms with Gasteiger partial charge in [0.25, 0.3) is 0 Å². The molecule has 0 amide bonds. The minimum Gasteiger partial charge on any atom is -0.493 e. The first kappa shape index (κ1) is 16.8. The average Bonchev–Trinajstić information content (AvgIpc) is 2.97. The van der Waals surface area contributed by atoms with E-state index in [-0.39, 0.29) is 0 Å². The Morgan fingerprint density at radius 2 is 2.27 bits per heavy atom. The van der Waals surface area contributed by atoms with E-state index < -0.39 is 0 Å². The van der Waals surface area contributed by atoms with Crippen molar-refractivity contribution in [3.8, 4) is 5.75 Å². The number of carbonyl (C=O) groups excluding carboxylic acids is 1. The van der Waals surface area contributed by atoms with Crippen LogP contribution in [0.1, 0.15) is 37.3 Å². The number of carbonyl (C=O) groups is 1. The van der Waals surface area contributed by atoms with Gasteiger partial charge in [0.05, 0.1) is 6.61 Å². The second-order valence-corrected chi connectivity index (χ2v) is 6.32. The van der Waals surface area contributed by atoms with Crippen molar-refractivity contribution in [1.82, 2.24) is 0 Å². The van der Waals surface area contributed by atoms with Crippen molar-refractivity contribution in [2.45, 2.75) is 32.6 Å².